The number of carboxylic acids is 1. The number of amides is 4. The Morgan fingerprint density at radius 2 is 1.70 bits per heavy atom. The molecule has 0 aliphatic rings. The molecule has 0 saturated carbocycles. The first-order chi connectivity index (χ1) is 14.0. The smallest absolute Gasteiger partial charge is 0.408 e. The van der Waals surface area contributed by atoms with Gasteiger partial charge in [0.05, 0.1) is 6.42 Å². The first kappa shape index (κ1) is 24.4. The summed E-state index contributed by atoms with van der Waals surface area (Å²) in [6, 6.07) is 5.38. The number of carboxylic acid groups (broad SMARTS) is 1. The maximum Gasteiger partial charge on any atom is 0.408 e. The lowest BCUT2D eigenvalue weighted by molar-refractivity contribution is -0.145. The number of benzene rings is 1. The van der Waals surface area contributed by atoms with Crippen LogP contribution in [-0.4, -0.2) is 65.0 Å². The number of ether oxygens (including phenoxy) is 1. The molecule has 0 saturated heterocycles. The summed E-state index contributed by atoms with van der Waals surface area (Å²) >= 11 is 0. The molecule has 0 aliphatic carbocycles. The van der Waals surface area contributed by atoms with Crippen molar-refractivity contribution in [2.24, 2.45) is 5.73 Å². The number of aliphatic carboxylic acids is 1. The summed E-state index contributed by atoms with van der Waals surface area (Å²) in [6.07, 6.45) is -1.39. The van der Waals surface area contributed by atoms with Crippen molar-refractivity contribution >= 4 is 29.8 Å². The molecule has 3 atom stereocenters. The lowest BCUT2D eigenvalue weighted by atomic mass is 10.1. The van der Waals surface area contributed by atoms with Gasteiger partial charge in [-0.25, -0.2) is 9.59 Å². The molecule has 11 heteroatoms. The number of primary amides is 1. The predicted molar refractivity (Wildman–Crippen MR) is 105 cm³/mol. The van der Waals surface area contributed by atoms with Crippen molar-refractivity contribution in [3.63, 3.8) is 0 Å². The second-order valence-electron chi connectivity index (χ2n) is 6.62. The summed E-state index contributed by atoms with van der Waals surface area (Å²) < 4.78 is 5.04. The zero-order valence-corrected chi connectivity index (χ0v) is 17.0. The van der Waals surface area contributed by atoms with Gasteiger partial charge in [0.15, 0.2) is 0 Å². The van der Waals surface area contributed by atoms with Gasteiger partial charge in [-0.2, -0.15) is 0 Å². The second-order valence-corrected chi connectivity index (χ2v) is 6.62. The van der Waals surface area contributed by atoms with Gasteiger partial charge >= 0.3 is 12.1 Å². The molecular weight excluding hydrogens is 396 g/mol. The van der Waals surface area contributed by atoms with Gasteiger partial charge in [0, 0.05) is 7.05 Å². The van der Waals surface area contributed by atoms with Gasteiger partial charge in [0.25, 0.3) is 0 Å². The van der Waals surface area contributed by atoms with Crippen LogP contribution < -0.4 is 16.4 Å². The quantitative estimate of drug-likeness (QED) is 0.397. The number of nitrogens with zero attached hydrogens (tertiary/aromatic N) is 1. The van der Waals surface area contributed by atoms with Crippen LogP contribution in [0.25, 0.3) is 0 Å². The van der Waals surface area contributed by atoms with Crippen molar-refractivity contribution in [1.82, 2.24) is 15.5 Å². The average molecular weight is 422 g/mol. The van der Waals surface area contributed by atoms with Crippen molar-refractivity contribution in [1.29, 1.82) is 0 Å². The molecule has 1 rings (SSSR count). The highest BCUT2D eigenvalue weighted by Crippen LogP contribution is 2.04. The number of likely N-dealkylation sites (N-methyl/N-ethyl adjacent to an activating group) is 1. The average Bonchev–Trinajstić information content (AvgIpc) is 2.70. The van der Waals surface area contributed by atoms with Gasteiger partial charge in [-0.05, 0) is 19.4 Å². The van der Waals surface area contributed by atoms with Gasteiger partial charge in [-0.15, -0.1) is 0 Å². The molecule has 164 valence electrons. The van der Waals surface area contributed by atoms with Crippen molar-refractivity contribution in [2.45, 2.75) is 45.0 Å². The number of hydrogen-bond donors (Lipinski definition) is 4. The SMILES string of the molecule is CC(NC(=O)OCc1ccccc1)C(=O)N(C)C(C)C(=O)NC(CC(N)=O)C(=O)O. The van der Waals surface area contributed by atoms with Crippen molar-refractivity contribution in [3.8, 4) is 0 Å². The number of nitrogens with one attached hydrogen (secondary N) is 2. The highest BCUT2D eigenvalue weighted by atomic mass is 16.5. The van der Waals surface area contributed by atoms with E-state index in [0.717, 1.165) is 10.5 Å². The van der Waals surface area contributed by atoms with E-state index in [1.54, 1.807) is 24.3 Å². The summed E-state index contributed by atoms with van der Waals surface area (Å²) in [4.78, 5) is 59.7. The fraction of sp³-hybridized carbons (Fsp3) is 0.421. The minimum absolute atomic E-state index is 0.0265. The van der Waals surface area contributed by atoms with Gasteiger partial charge in [0.2, 0.25) is 17.7 Å². The van der Waals surface area contributed by atoms with E-state index in [-0.39, 0.29) is 6.61 Å². The lowest BCUT2D eigenvalue weighted by Gasteiger charge is -2.28. The van der Waals surface area contributed by atoms with Gasteiger partial charge in [0.1, 0.15) is 24.7 Å². The van der Waals surface area contributed by atoms with Gasteiger partial charge < -0.3 is 31.1 Å². The monoisotopic (exact) mass is 422 g/mol. The van der Waals surface area contributed by atoms with Crippen LogP contribution in [0.2, 0.25) is 0 Å². The molecule has 0 fully saturated rings. The first-order valence-electron chi connectivity index (χ1n) is 9.08. The molecule has 1 aromatic carbocycles. The highest BCUT2D eigenvalue weighted by Gasteiger charge is 2.30. The number of nitrogens with two attached hydrogens (primary N) is 1. The Bertz CT molecular complexity index is 784. The highest BCUT2D eigenvalue weighted by molar-refractivity contribution is 5.93. The zero-order chi connectivity index (χ0) is 22.8. The minimum atomic E-state index is -1.51. The van der Waals surface area contributed by atoms with Crippen LogP contribution in [-0.2, 0) is 30.5 Å². The van der Waals surface area contributed by atoms with E-state index in [2.05, 4.69) is 10.6 Å². The first-order valence-corrected chi connectivity index (χ1v) is 9.08. The van der Waals surface area contributed by atoms with E-state index in [1.165, 1.54) is 20.9 Å². The molecule has 0 heterocycles. The summed E-state index contributed by atoms with van der Waals surface area (Å²) in [5.41, 5.74) is 5.74. The van der Waals surface area contributed by atoms with E-state index in [1.807, 2.05) is 6.07 Å². The number of hydrogen-bond acceptors (Lipinski definition) is 6. The Kier molecular flexibility index (Phi) is 9.27. The largest absolute Gasteiger partial charge is 0.480 e. The van der Waals surface area contributed by atoms with E-state index in [0.29, 0.717) is 0 Å². The van der Waals surface area contributed by atoms with E-state index in [4.69, 9.17) is 15.6 Å². The molecule has 0 spiro atoms. The third kappa shape index (κ3) is 7.78. The Labute approximate surface area is 173 Å². The number of alkyl carbamates (subject to hydrolysis) is 1. The molecule has 11 nitrogen and oxygen atoms in total. The third-order valence-electron chi connectivity index (χ3n) is 4.25. The van der Waals surface area contributed by atoms with Crippen molar-refractivity contribution in [2.75, 3.05) is 7.05 Å². The van der Waals surface area contributed by atoms with Crippen LogP contribution in [0.5, 0.6) is 0 Å². The lowest BCUT2D eigenvalue weighted by Crippen LogP contribution is -2.55. The molecular formula is C19H26N4O7. The summed E-state index contributed by atoms with van der Waals surface area (Å²) in [5.74, 6) is -3.72. The number of carbonyl (C=O) groups is 5. The molecule has 0 aromatic heterocycles. The van der Waals surface area contributed by atoms with Gasteiger partial charge in [-0.3, -0.25) is 14.4 Å². The van der Waals surface area contributed by atoms with E-state index >= 15 is 0 Å². The zero-order valence-electron chi connectivity index (χ0n) is 17.0. The predicted octanol–water partition coefficient (Wildman–Crippen LogP) is -0.407. The number of rotatable bonds is 10. The maximum atomic E-state index is 12.5. The van der Waals surface area contributed by atoms with Crippen LogP contribution >= 0.6 is 0 Å². The molecule has 1 aromatic rings. The van der Waals surface area contributed by atoms with Crippen molar-refractivity contribution in [3.05, 3.63) is 35.9 Å². The Balaban J connectivity index is 2.59. The topological polar surface area (TPSA) is 168 Å². The van der Waals surface area contributed by atoms with Crippen LogP contribution in [0.1, 0.15) is 25.8 Å². The van der Waals surface area contributed by atoms with Crippen molar-refractivity contribution < 1.29 is 33.8 Å². The molecule has 0 aliphatic heterocycles. The standard InChI is InChI=1S/C19H26N4O7/c1-11(21-19(29)30-10-13-7-5-4-6-8-13)17(26)23(3)12(2)16(25)22-14(18(27)28)9-15(20)24/h4-8,11-12,14H,9-10H2,1-3H3,(H2,20,24)(H,21,29)(H,22,25)(H,27,28). The molecule has 3 unspecified atom stereocenters. The second kappa shape index (κ2) is 11.4. The fourth-order valence-corrected chi connectivity index (χ4v) is 2.37. The maximum absolute atomic E-state index is 12.5. The van der Waals surface area contributed by atoms with Gasteiger partial charge in [-0.1, -0.05) is 30.3 Å². The molecule has 4 amide bonds. The molecule has 0 radical (unpaired) electrons. The van der Waals surface area contributed by atoms with E-state index in [9.17, 15) is 24.0 Å². The fourth-order valence-electron chi connectivity index (χ4n) is 2.37. The normalized spacial score (nSPS) is 13.3. The Morgan fingerprint density at radius 3 is 2.23 bits per heavy atom. The minimum Gasteiger partial charge on any atom is -0.480 e. The number of carbonyl (C=O) groups excluding carboxylic acids is 4. The Hall–Kier alpha value is -3.63. The van der Waals surface area contributed by atoms with Crippen LogP contribution in [0.3, 0.4) is 0 Å². The Morgan fingerprint density at radius 1 is 1.10 bits per heavy atom. The van der Waals surface area contributed by atoms with Crippen LogP contribution in [0, 0.1) is 0 Å². The summed E-state index contributed by atoms with van der Waals surface area (Å²) in [6.45, 7) is 2.82. The molecule has 0 bridgehead atoms. The molecule has 30 heavy (non-hydrogen) atoms. The summed E-state index contributed by atoms with van der Waals surface area (Å²) in [5, 5.41) is 13.6. The summed E-state index contributed by atoms with van der Waals surface area (Å²) in [7, 11) is 1.32. The van der Waals surface area contributed by atoms with Crippen LogP contribution in [0.4, 0.5) is 4.79 Å². The third-order valence-corrected chi connectivity index (χ3v) is 4.25. The van der Waals surface area contributed by atoms with Crippen LogP contribution in [0.15, 0.2) is 30.3 Å². The molecule has 5 N–H and O–H groups in total. The van der Waals surface area contributed by atoms with E-state index < -0.39 is 54.3 Å².